The molecule has 0 aliphatic carbocycles. The third kappa shape index (κ3) is 19.1. The lowest BCUT2D eigenvalue weighted by Crippen LogP contribution is -2.33. The van der Waals surface area contributed by atoms with Crippen molar-refractivity contribution in [2.24, 2.45) is 5.73 Å². The van der Waals surface area contributed by atoms with Gasteiger partial charge in [-0.3, -0.25) is 37.7 Å². The molecular weight excluding hydrogens is 1090 g/mol. The summed E-state index contributed by atoms with van der Waals surface area (Å²) in [6, 6.07) is 0. The van der Waals surface area contributed by atoms with E-state index >= 15 is 0 Å². The number of phosphoric acid groups is 6. The summed E-state index contributed by atoms with van der Waals surface area (Å²) >= 11 is 0. The van der Waals surface area contributed by atoms with Crippen LogP contribution in [0.15, 0.2) is 31.6 Å². The van der Waals surface area contributed by atoms with Gasteiger partial charge in [-0.05, 0) is 0 Å². The van der Waals surface area contributed by atoms with Gasteiger partial charge in [-0.1, -0.05) is 52.2 Å². The van der Waals surface area contributed by atoms with E-state index in [4.69, 9.17) is 53.3 Å². The van der Waals surface area contributed by atoms with E-state index in [1.807, 2.05) is 4.98 Å². The molecule has 2 aromatic heterocycles. The maximum Gasteiger partial charge on any atom is 0.490 e. The first-order valence-electron chi connectivity index (χ1n) is 18.1. The molecule has 10 atom stereocenters. The summed E-state index contributed by atoms with van der Waals surface area (Å²) in [5.74, 6) is 9.56. The van der Waals surface area contributed by atoms with Crippen molar-refractivity contribution in [2.75, 3.05) is 31.6 Å². The molecule has 2 fully saturated rings. The first-order valence-corrected chi connectivity index (χ1v) is 29.7. The Morgan fingerprint density at radius 1 is 0.647 bits per heavy atom. The van der Waals surface area contributed by atoms with Crippen LogP contribution in [0.5, 0.6) is 0 Å². The van der Waals surface area contributed by atoms with E-state index in [0.29, 0.717) is 6.42 Å². The number of ether oxygens (including phenoxy) is 4. The van der Waals surface area contributed by atoms with Gasteiger partial charge in [0, 0.05) is 31.7 Å². The van der Waals surface area contributed by atoms with Crippen molar-refractivity contribution in [3.05, 3.63) is 65.2 Å². The molecule has 68 heavy (non-hydrogen) atoms. The molecule has 0 radical (unpaired) electrons. The van der Waals surface area contributed by atoms with Gasteiger partial charge in [-0.15, -0.1) is 0 Å². The van der Waals surface area contributed by atoms with E-state index in [0.717, 1.165) is 43.1 Å². The highest BCUT2D eigenvalue weighted by Crippen LogP contribution is 2.67. The van der Waals surface area contributed by atoms with Crippen molar-refractivity contribution in [2.45, 2.75) is 63.1 Å². The number of phosphoric ester groups is 2. The molecule has 4 unspecified atom stereocenters. The molecule has 0 aromatic carbocycles. The van der Waals surface area contributed by atoms with Gasteiger partial charge in [-0.25, -0.2) is 37.0 Å². The van der Waals surface area contributed by atoms with Gasteiger partial charge in [0.1, 0.15) is 47.7 Å². The number of rotatable bonds is 23. The zero-order chi connectivity index (χ0) is 50.9. The van der Waals surface area contributed by atoms with Crippen molar-refractivity contribution in [1.29, 1.82) is 0 Å². The highest BCUT2D eigenvalue weighted by atomic mass is 33.1. The zero-order valence-electron chi connectivity index (χ0n) is 34.0. The molecule has 0 amide bonds. The second kappa shape index (κ2) is 24.5. The monoisotopic (exact) mass is 1130 g/mol. The number of H-pyrrole nitrogens is 2. The number of nitrogens with two attached hydrogens (primary N) is 1. The van der Waals surface area contributed by atoms with Gasteiger partial charge in [-0.2, -0.15) is 17.2 Å². The number of hydrogen-bond acceptors (Lipinski definition) is 23. The van der Waals surface area contributed by atoms with Crippen LogP contribution < -0.4 is 28.2 Å². The standard InChI is InChI=1S/C27H39N5O28P6S2/c1-2-3-5-16-10-31(26(35)29-24(16)33)22-8-18(20(55-22)12-53-63(43,44)59-65(47,48)57-61(37,38)39)51-14-67-68-15-52-19-9-23(32-11-17(6-4-7-28)25(34)30-27(32)36)56-21(19)13-54-64(45,46)60-66(49,50)58-62(40,41)42/h10-11,18-23H,2,7-9,12-15,28H2,1H3,(H,43,44)(H,45,46)(H,47,48)(H,49,50)(H,29,33,35)(H,30,34,36)(H2,37,38,39)(H2,40,41,42)/t18-,19-,20-,21-,22-,23-/m1/s1. The van der Waals surface area contributed by atoms with Gasteiger partial charge < -0.3 is 63.8 Å². The van der Waals surface area contributed by atoms with Crippen LogP contribution in [-0.2, 0) is 72.6 Å². The zero-order valence-corrected chi connectivity index (χ0v) is 41.0. The summed E-state index contributed by atoms with van der Waals surface area (Å²) in [5.41, 5.74) is 1.34. The summed E-state index contributed by atoms with van der Waals surface area (Å²) in [6.07, 6.45) is -5.82. The number of nitrogens with one attached hydrogen (secondary N) is 2. The van der Waals surface area contributed by atoms with Gasteiger partial charge in [0.2, 0.25) is 0 Å². The van der Waals surface area contributed by atoms with Crippen LogP contribution in [0.2, 0.25) is 0 Å². The fourth-order valence-electron chi connectivity index (χ4n) is 5.54. The summed E-state index contributed by atoms with van der Waals surface area (Å²) in [7, 11) is -32.7. The highest BCUT2D eigenvalue weighted by Gasteiger charge is 2.45. The molecule has 2 aliphatic heterocycles. The predicted molar refractivity (Wildman–Crippen MR) is 227 cm³/mol. The van der Waals surface area contributed by atoms with Gasteiger partial charge in [0.15, 0.2) is 0 Å². The van der Waals surface area contributed by atoms with Gasteiger partial charge in [0.05, 0.1) is 32.0 Å². The predicted octanol–water partition coefficient (Wildman–Crippen LogP) is -0.513. The SMILES string of the molecule is CCC#Cc1cn([C@H]2C[C@@H](OCSSCO[C@@H]3C[C@H](n4cc(C#CCN)c(=O)[nH]c4=O)O[C@@H]3COP(=O)(O)OP(=O)(O)OP(=O)(O)O)[C@@H](COP(=O)(O)OP(=O)(O)OP(=O)(O)O)O2)c(=O)[nH]c1=O. The Morgan fingerprint density at radius 3 is 1.38 bits per heavy atom. The van der Waals surface area contributed by atoms with Gasteiger partial charge >= 0.3 is 58.3 Å². The molecule has 0 spiro atoms. The largest absolute Gasteiger partial charge is 0.490 e. The lowest BCUT2D eigenvalue weighted by molar-refractivity contribution is -0.0546. The molecule has 2 aromatic rings. The van der Waals surface area contributed by atoms with Gasteiger partial charge in [0.25, 0.3) is 11.1 Å². The number of aromatic amines is 2. The third-order valence-corrected chi connectivity index (χ3v) is 17.3. The van der Waals surface area contributed by atoms with Crippen molar-refractivity contribution in [1.82, 2.24) is 19.1 Å². The lowest BCUT2D eigenvalue weighted by atomic mass is 10.2. The molecule has 4 heterocycles. The Labute approximate surface area is 387 Å². The Hall–Kier alpha value is -2.20. The topological polar surface area (TPSA) is 492 Å². The molecule has 4 rings (SSSR count). The average molecular weight is 1130 g/mol. The van der Waals surface area contributed by atoms with E-state index in [1.54, 1.807) is 6.92 Å². The smallest absolute Gasteiger partial charge is 0.364 e. The molecular formula is C27H39N5O28P6S2. The Balaban J connectivity index is 1.47. The highest BCUT2D eigenvalue weighted by molar-refractivity contribution is 8.76. The molecule has 382 valence electrons. The second-order valence-corrected chi connectivity index (χ2v) is 24.2. The molecule has 33 nitrogen and oxygen atoms in total. The fraction of sp³-hybridized carbons (Fsp3) is 0.556. The van der Waals surface area contributed by atoms with Crippen LogP contribution in [-0.4, -0.2) is 114 Å². The van der Waals surface area contributed by atoms with Crippen molar-refractivity contribution < 1.29 is 112 Å². The summed E-state index contributed by atoms with van der Waals surface area (Å²) in [5, 5.41) is 0. The lowest BCUT2D eigenvalue weighted by Gasteiger charge is -2.21. The Bertz CT molecular complexity index is 2620. The van der Waals surface area contributed by atoms with E-state index in [1.165, 1.54) is 0 Å². The minimum Gasteiger partial charge on any atom is -0.364 e. The van der Waals surface area contributed by atoms with Crippen LogP contribution in [0.25, 0.3) is 0 Å². The molecule has 0 bridgehead atoms. The Morgan fingerprint density at radius 2 is 1.03 bits per heavy atom. The summed E-state index contributed by atoms with van der Waals surface area (Å²) in [6.45, 7) is -0.479. The number of hydrogen-bond donors (Lipinski definition) is 11. The number of nitrogens with zero attached hydrogens (tertiary/aromatic N) is 2. The van der Waals surface area contributed by atoms with Crippen LogP contribution in [0.4, 0.5) is 0 Å². The fourth-order valence-corrected chi connectivity index (χ4v) is 12.9. The van der Waals surface area contributed by atoms with Crippen LogP contribution in [0.1, 0.15) is 49.8 Å². The van der Waals surface area contributed by atoms with E-state index < -0.39 is 120 Å². The number of aromatic nitrogens is 4. The van der Waals surface area contributed by atoms with Crippen LogP contribution in [0, 0.1) is 23.7 Å². The quantitative estimate of drug-likeness (QED) is 0.0219. The van der Waals surface area contributed by atoms with E-state index in [-0.39, 0.29) is 42.4 Å². The first-order chi connectivity index (χ1) is 31.4. The average Bonchev–Trinajstić information content (AvgIpc) is 3.77. The van der Waals surface area contributed by atoms with Crippen LogP contribution in [0.3, 0.4) is 0 Å². The maximum atomic E-state index is 12.8. The molecule has 2 saturated heterocycles. The van der Waals surface area contributed by atoms with Crippen molar-refractivity contribution >= 4 is 68.5 Å². The normalized spacial score (nSPS) is 24.4. The maximum absolute atomic E-state index is 12.8. The first kappa shape index (κ1) is 58.4. The third-order valence-electron chi connectivity index (χ3n) is 8.02. The Kier molecular flexibility index (Phi) is 21.0. The van der Waals surface area contributed by atoms with E-state index in [9.17, 15) is 66.1 Å². The van der Waals surface area contributed by atoms with E-state index in [2.05, 4.69) is 45.9 Å². The molecule has 41 heteroatoms. The minimum absolute atomic E-state index is 0.140. The molecule has 0 saturated carbocycles. The van der Waals surface area contributed by atoms with Crippen molar-refractivity contribution in [3.63, 3.8) is 0 Å². The van der Waals surface area contributed by atoms with Crippen LogP contribution >= 0.6 is 68.5 Å². The summed E-state index contributed by atoms with van der Waals surface area (Å²) < 4.78 is 120. The minimum atomic E-state index is -5.91. The molecule has 12 N–H and O–H groups in total. The van der Waals surface area contributed by atoms with Crippen molar-refractivity contribution in [3.8, 4) is 23.7 Å². The molecule has 2 aliphatic rings. The second-order valence-electron chi connectivity index (χ2n) is 13.0. The summed E-state index contributed by atoms with van der Waals surface area (Å²) in [4.78, 5) is 129.